The van der Waals surface area contributed by atoms with Crippen molar-refractivity contribution in [3.63, 3.8) is 0 Å². The summed E-state index contributed by atoms with van der Waals surface area (Å²) in [6, 6.07) is 0.650. The number of hydrogen-bond acceptors (Lipinski definition) is 3. The first-order valence-corrected chi connectivity index (χ1v) is 8.24. The lowest BCUT2D eigenvalue weighted by Gasteiger charge is -2.49. The molecule has 1 saturated carbocycles. The van der Waals surface area contributed by atoms with Gasteiger partial charge in [-0.05, 0) is 25.2 Å². The van der Waals surface area contributed by atoms with Crippen LogP contribution in [0.15, 0.2) is 0 Å². The Balaban J connectivity index is 1.91. The molecule has 2 fully saturated rings. The molecule has 1 aliphatic heterocycles. The number of nitrogens with one attached hydrogen (secondary N) is 1. The van der Waals surface area contributed by atoms with Gasteiger partial charge in [-0.2, -0.15) is 0 Å². The summed E-state index contributed by atoms with van der Waals surface area (Å²) in [4.78, 5) is 2.75. The molecule has 0 amide bonds. The van der Waals surface area contributed by atoms with E-state index in [4.69, 9.17) is 4.74 Å². The lowest BCUT2D eigenvalue weighted by Crippen LogP contribution is -2.65. The summed E-state index contributed by atoms with van der Waals surface area (Å²) >= 11 is 0. The Morgan fingerprint density at radius 2 is 2.00 bits per heavy atom. The lowest BCUT2D eigenvalue weighted by molar-refractivity contribution is 0.00613. The second-order valence-corrected chi connectivity index (χ2v) is 6.72. The Morgan fingerprint density at radius 3 is 2.63 bits per heavy atom. The van der Waals surface area contributed by atoms with Gasteiger partial charge in [0.25, 0.3) is 0 Å². The predicted octanol–water partition coefficient (Wildman–Crippen LogP) is 2.66. The van der Waals surface area contributed by atoms with Gasteiger partial charge in [-0.15, -0.1) is 0 Å². The van der Waals surface area contributed by atoms with Crippen LogP contribution in [-0.2, 0) is 4.74 Å². The van der Waals surface area contributed by atoms with Gasteiger partial charge in [-0.1, -0.05) is 33.6 Å². The van der Waals surface area contributed by atoms with Crippen molar-refractivity contribution < 1.29 is 4.74 Å². The van der Waals surface area contributed by atoms with Crippen LogP contribution in [0.25, 0.3) is 0 Å². The fraction of sp³-hybridized carbons (Fsp3) is 1.00. The molecule has 112 valence electrons. The predicted molar refractivity (Wildman–Crippen MR) is 80.5 cm³/mol. The van der Waals surface area contributed by atoms with Crippen molar-refractivity contribution in [2.75, 3.05) is 32.8 Å². The van der Waals surface area contributed by atoms with E-state index in [-0.39, 0.29) is 0 Å². The first-order chi connectivity index (χ1) is 9.18. The molecule has 1 saturated heterocycles. The van der Waals surface area contributed by atoms with E-state index in [9.17, 15) is 0 Å². The van der Waals surface area contributed by atoms with Crippen LogP contribution in [0.5, 0.6) is 0 Å². The molecule has 0 aromatic carbocycles. The molecule has 0 aromatic rings. The largest absolute Gasteiger partial charge is 0.380 e. The van der Waals surface area contributed by atoms with Gasteiger partial charge in [0.05, 0.1) is 6.61 Å². The highest BCUT2D eigenvalue weighted by Gasteiger charge is 2.43. The lowest BCUT2D eigenvalue weighted by atomic mass is 9.88. The Morgan fingerprint density at radius 1 is 1.26 bits per heavy atom. The maximum absolute atomic E-state index is 5.72. The Bertz CT molecular complexity index is 261. The quantitative estimate of drug-likeness (QED) is 0.750. The van der Waals surface area contributed by atoms with Crippen LogP contribution < -0.4 is 5.32 Å². The van der Waals surface area contributed by atoms with Gasteiger partial charge in [-0.3, -0.25) is 4.90 Å². The van der Waals surface area contributed by atoms with Gasteiger partial charge in [0.1, 0.15) is 0 Å². The summed E-state index contributed by atoms with van der Waals surface area (Å²) in [5.41, 5.74) is 0.445. The van der Waals surface area contributed by atoms with Gasteiger partial charge in [-0.25, -0.2) is 0 Å². The SMILES string of the molecule is CCCOCCN1CC(C(C)C)NCC12CCCC2. The summed E-state index contributed by atoms with van der Waals surface area (Å²) in [5, 5.41) is 3.80. The van der Waals surface area contributed by atoms with Gasteiger partial charge >= 0.3 is 0 Å². The number of rotatable bonds is 6. The smallest absolute Gasteiger partial charge is 0.0593 e. The van der Waals surface area contributed by atoms with Gasteiger partial charge in [0.15, 0.2) is 0 Å². The number of nitrogens with zero attached hydrogens (tertiary/aromatic N) is 1. The zero-order chi connectivity index (χ0) is 13.7. The third-order valence-electron chi connectivity index (χ3n) is 4.97. The van der Waals surface area contributed by atoms with Crippen molar-refractivity contribution in [3.05, 3.63) is 0 Å². The van der Waals surface area contributed by atoms with Crippen molar-refractivity contribution >= 4 is 0 Å². The molecule has 3 nitrogen and oxygen atoms in total. The molecule has 1 unspecified atom stereocenters. The maximum Gasteiger partial charge on any atom is 0.0593 e. The molecular formula is C16H32N2O. The zero-order valence-corrected chi connectivity index (χ0v) is 13.1. The molecule has 1 atom stereocenters. The first-order valence-electron chi connectivity index (χ1n) is 8.24. The number of piperazine rings is 1. The van der Waals surface area contributed by atoms with Gasteiger partial charge in [0.2, 0.25) is 0 Å². The summed E-state index contributed by atoms with van der Waals surface area (Å²) in [5.74, 6) is 0.720. The summed E-state index contributed by atoms with van der Waals surface area (Å²) in [6.07, 6.45) is 6.68. The van der Waals surface area contributed by atoms with Crippen molar-refractivity contribution in [1.29, 1.82) is 0 Å². The average Bonchev–Trinajstić information content (AvgIpc) is 2.86. The standard InChI is InChI=1S/C16H32N2O/c1-4-10-19-11-9-18-12-15(14(2)3)17-13-16(18)7-5-6-8-16/h14-15,17H,4-13H2,1-3H3. The highest BCUT2D eigenvalue weighted by atomic mass is 16.5. The summed E-state index contributed by atoms with van der Waals surface area (Å²) in [7, 11) is 0. The Labute approximate surface area is 119 Å². The first kappa shape index (κ1) is 15.3. The second-order valence-electron chi connectivity index (χ2n) is 6.72. The molecule has 2 aliphatic rings. The van der Waals surface area contributed by atoms with E-state index >= 15 is 0 Å². The fourth-order valence-electron chi connectivity index (χ4n) is 3.65. The fourth-order valence-corrected chi connectivity index (χ4v) is 3.65. The van der Waals surface area contributed by atoms with Gasteiger partial charge in [0, 0.05) is 37.8 Å². The maximum atomic E-state index is 5.72. The van der Waals surface area contributed by atoms with Gasteiger partial charge < -0.3 is 10.1 Å². The molecule has 1 spiro atoms. The topological polar surface area (TPSA) is 24.5 Å². The van der Waals surface area contributed by atoms with Crippen molar-refractivity contribution in [2.45, 2.75) is 64.5 Å². The zero-order valence-electron chi connectivity index (χ0n) is 13.1. The number of hydrogen-bond donors (Lipinski definition) is 1. The molecule has 3 heteroatoms. The van der Waals surface area contributed by atoms with Crippen LogP contribution >= 0.6 is 0 Å². The minimum absolute atomic E-state index is 0.445. The molecule has 1 N–H and O–H groups in total. The molecule has 1 aliphatic carbocycles. The van der Waals surface area contributed by atoms with E-state index in [0.717, 1.165) is 32.1 Å². The van der Waals surface area contributed by atoms with E-state index in [2.05, 4.69) is 31.0 Å². The Kier molecular flexibility index (Phi) is 5.67. The van der Waals surface area contributed by atoms with Crippen LogP contribution in [0, 0.1) is 5.92 Å². The summed E-state index contributed by atoms with van der Waals surface area (Å²) in [6.45, 7) is 12.2. The average molecular weight is 268 g/mol. The van der Waals surface area contributed by atoms with E-state index < -0.39 is 0 Å². The molecule has 1 heterocycles. The van der Waals surface area contributed by atoms with E-state index in [1.165, 1.54) is 38.8 Å². The van der Waals surface area contributed by atoms with Crippen LogP contribution in [-0.4, -0.2) is 49.3 Å². The molecule has 19 heavy (non-hydrogen) atoms. The normalized spacial score (nSPS) is 27.5. The monoisotopic (exact) mass is 268 g/mol. The highest BCUT2D eigenvalue weighted by Crippen LogP contribution is 2.37. The molecule has 2 rings (SSSR count). The van der Waals surface area contributed by atoms with Crippen molar-refractivity contribution in [2.24, 2.45) is 5.92 Å². The van der Waals surface area contributed by atoms with E-state index in [0.29, 0.717) is 11.6 Å². The van der Waals surface area contributed by atoms with Crippen LogP contribution in [0.1, 0.15) is 52.9 Å². The van der Waals surface area contributed by atoms with Crippen LogP contribution in [0.3, 0.4) is 0 Å². The third kappa shape index (κ3) is 3.71. The molecular weight excluding hydrogens is 236 g/mol. The molecule has 0 aromatic heterocycles. The van der Waals surface area contributed by atoms with E-state index in [1.54, 1.807) is 0 Å². The number of ether oxygens (including phenoxy) is 1. The van der Waals surface area contributed by atoms with Crippen LogP contribution in [0.2, 0.25) is 0 Å². The van der Waals surface area contributed by atoms with E-state index in [1.807, 2.05) is 0 Å². The summed E-state index contributed by atoms with van der Waals surface area (Å²) < 4.78 is 5.72. The highest BCUT2D eigenvalue weighted by molar-refractivity contribution is 5.02. The second kappa shape index (κ2) is 7.05. The third-order valence-corrected chi connectivity index (χ3v) is 4.97. The molecule has 0 bridgehead atoms. The van der Waals surface area contributed by atoms with Crippen molar-refractivity contribution in [3.8, 4) is 0 Å². The minimum atomic E-state index is 0.445. The minimum Gasteiger partial charge on any atom is -0.380 e. The molecule has 0 radical (unpaired) electrons. The Hall–Kier alpha value is -0.120. The van der Waals surface area contributed by atoms with Crippen LogP contribution in [0.4, 0.5) is 0 Å². The van der Waals surface area contributed by atoms with Crippen molar-refractivity contribution in [1.82, 2.24) is 10.2 Å².